The summed E-state index contributed by atoms with van der Waals surface area (Å²) in [6, 6.07) is 16.8. The van der Waals surface area contributed by atoms with E-state index >= 15 is 0 Å². The van der Waals surface area contributed by atoms with E-state index in [2.05, 4.69) is 0 Å². The van der Waals surface area contributed by atoms with Gasteiger partial charge in [-0.05, 0) is 35.4 Å². The summed E-state index contributed by atoms with van der Waals surface area (Å²) in [5.41, 5.74) is 8.49. The second-order valence-electron chi connectivity index (χ2n) is 5.01. The third kappa shape index (κ3) is 2.28. The number of ketones is 1. The first kappa shape index (κ1) is 13.7. The predicted molar refractivity (Wildman–Crippen MR) is 88.0 cm³/mol. The lowest BCUT2D eigenvalue weighted by Gasteiger charge is -2.10. The molecule has 0 bridgehead atoms. The van der Waals surface area contributed by atoms with Gasteiger partial charge in [0.15, 0.2) is 5.78 Å². The van der Waals surface area contributed by atoms with Crippen molar-refractivity contribution in [1.82, 2.24) is 0 Å². The molecule has 0 atom stereocenters. The first-order valence-corrected chi connectivity index (χ1v) is 7.04. The van der Waals surface area contributed by atoms with Crippen LogP contribution in [0.1, 0.15) is 21.5 Å². The SMILES string of the molecule is Cc1ccc(C(=O)c2cccc(Cl)c2N)c2ccccc12. The van der Waals surface area contributed by atoms with Gasteiger partial charge in [-0.2, -0.15) is 0 Å². The highest BCUT2D eigenvalue weighted by atomic mass is 35.5. The van der Waals surface area contributed by atoms with E-state index in [4.69, 9.17) is 17.3 Å². The number of nitrogens with two attached hydrogens (primary N) is 1. The number of fused-ring (bicyclic) bond motifs is 1. The van der Waals surface area contributed by atoms with Crippen LogP contribution in [0.15, 0.2) is 54.6 Å². The molecule has 0 aliphatic rings. The lowest BCUT2D eigenvalue weighted by molar-refractivity contribution is 0.104. The van der Waals surface area contributed by atoms with Gasteiger partial charge in [0, 0.05) is 11.1 Å². The van der Waals surface area contributed by atoms with Crippen LogP contribution in [0, 0.1) is 6.92 Å². The first-order chi connectivity index (χ1) is 10.1. The van der Waals surface area contributed by atoms with Gasteiger partial charge < -0.3 is 5.73 Å². The Kier molecular flexibility index (Phi) is 3.40. The topological polar surface area (TPSA) is 43.1 Å². The highest BCUT2D eigenvalue weighted by molar-refractivity contribution is 6.34. The summed E-state index contributed by atoms with van der Waals surface area (Å²) >= 11 is 6.01. The van der Waals surface area contributed by atoms with Crippen molar-refractivity contribution in [2.45, 2.75) is 6.92 Å². The summed E-state index contributed by atoms with van der Waals surface area (Å²) < 4.78 is 0. The van der Waals surface area contributed by atoms with E-state index in [1.165, 1.54) is 0 Å². The fraction of sp³-hybridized carbons (Fsp3) is 0.0556. The second kappa shape index (κ2) is 5.23. The first-order valence-electron chi connectivity index (χ1n) is 6.66. The fourth-order valence-corrected chi connectivity index (χ4v) is 2.70. The summed E-state index contributed by atoms with van der Waals surface area (Å²) in [5, 5.41) is 2.41. The van der Waals surface area contributed by atoms with Crippen LogP contribution in [-0.4, -0.2) is 5.78 Å². The molecule has 21 heavy (non-hydrogen) atoms. The lowest BCUT2D eigenvalue weighted by Crippen LogP contribution is -2.06. The summed E-state index contributed by atoms with van der Waals surface area (Å²) in [4.78, 5) is 12.8. The number of nitrogen functional groups attached to an aromatic ring is 1. The molecule has 0 unspecified atom stereocenters. The Morgan fingerprint density at radius 3 is 2.38 bits per heavy atom. The average Bonchev–Trinajstić information content (AvgIpc) is 2.50. The number of carbonyl (C=O) groups is 1. The number of benzene rings is 3. The van der Waals surface area contributed by atoms with Gasteiger partial charge in [-0.1, -0.05) is 54.1 Å². The van der Waals surface area contributed by atoms with Crippen LogP contribution in [0.4, 0.5) is 5.69 Å². The molecule has 0 aliphatic carbocycles. The molecule has 3 aromatic carbocycles. The van der Waals surface area contributed by atoms with E-state index in [1.54, 1.807) is 18.2 Å². The fourth-order valence-electron chi connectivity index (χ4n) is 2.53. The molecule has 0 aliphatic heterocycles. The number of hydrogen-bond donors (Lipinski definition) is 1. The molecule has 0 heterocycles. The van der Waals surface area contributed by atoms with Gasteiger partial charge in [0.05, 0.1) is 10.7 Å². The highest BCUT2D eigenvalue weighted by Crippen LogP contribution is 2.28. The van der Waals surface area contributed by atoms with Gasteiger partial charge in [-0.25, -0.2) is 0 Å². The van der Waals surface area contributed by atoms with E-state index in [1.807, 2.05) is 43.3 Å². The number of anilines is 1. The quantitative estimate of drug-likeness (QED) is 0.554. The van der Waals surface area contributed by atoms with E-state index in [9.17, 15) is 4.79 Å². The van der Waals surface area contributed by atoms with Crippen molar-refractivity contribution in [3.8, 4) is 0 Å². The minimum atomic E-state index is -0.105. The Morgan fingerprint density at radius 2 is 1.62 bits per heavy atom. The Balaban J connectivity index is 2.23. The Labute approximate surface area is 128 Å². The zero-order valence-corrected chi connectivity index (χ0v) is 12.3. The lowest BCUT2D eigenvalue weighted by atomic mass is 9.94. The Hall–Kier alpha value is -2.32. The number of carbonyl (C=O) groups excluding carboxylic acids is 1. The molecule has 3 rings (SSSR count). The molecular weight excluding hydrogens is 282 g/mol. The van der Waals surface area contributed by atoms with Crippen molar-refractivity contribution < 1.29 is 4.79 Å². The van der Waals surface area contributed by atoms with Crippen LogP contribution in [0.5, 0.6) is 0 Å². The third-order valence-electron chi connectivity index (χ3n) is 3.68. The van der Waals surface area contributed by atoms with Crippen LogP contribution < -0.4 is 5.73 Å². The molecule has 0 fully saturated rings. The number of para-hydroxylation sites is 1. The summed E-state index contributed by atoms with van der Waals surface area (Å²) in [7, 11) is 0. The Bertz CT molecular complexity index is 855. The normalized spacial score (nSPS) is 10.8. The van der Waals surface area contributed by atoms with Crippen molar-refractivity contribution in [3.05, 3.63) is 76.3 Å². The summed E-state index contributed by atoms with van der Waals surface area (Å²) in [5.74, 6) is -0.105. The molecule has 3 heteroatoms. The predicted octanol–water partition coefficient (Wildman–Crippen LogP) is 4.61. The molecule has 3 aromatic rings. The van der Waals surface area contributed by atoms with Crippen LogP contribution in [-0.2, 0) is 0 Å². The molecular formula is C18H14ClNO. The standard InChI is InChI=1S/C18H14ClNO/c1-11-9-10-14(13-6-3-2-5-12(11)13)18(21)15-7-4-8-16(19)17(15)20/h2-10H,20H2,1H3. The maximum absolute atomic E-state index is 12.8. The molecule has 0 aromatic heterocycles. The van der Waals surface area contributed by atoms with Gasteiger partial charge in [-0.15, -0.1) is 0 Å². The van der Waals surface area contributed by atoms with E-state index in [0.29, 0.717) is 21.8 Å². The average molecular weight is 296 g/mol. The third-order valence-corrected chi connectivity index (χ3v) is 4.01. The van der Waals surface area contributed by atoms with Crippen molar-refractivity contribution in [1.29, 1.82) is 0 Å². The monoisotopic (exact) mass is 295 g/mol. The van der Waals surface area contributed by atoms with Crippen molar-refractivity contribution >= 4 is 33.8 Å². The zero-order chi connectivity index (χ0) is 15.0. The zero-order valence-electron chi connectivity index (χ0n) is 11.6. The van der Waals surface area contributed by atoms with Crippen molar-refractivity contribution in [3.63, 3.8) is 0 Å². The van der Waals surface area contributed by atoms with Gasteiger partial charge in [0.25, 0.3) is 0 Å². The molecule has 0 saturated heterocycles. The highest BCUT2D eigenvalue weighted by Gasteiger charge is 2.16. The summed E-state index contributed by atoms with van der Waals surface area (Å²) in [6.45, 7) is 2.03. The van der Waals surface area contributed by atoms with E-state index in [0.717, 1.165) is 16.3 Å². The van der Waals surface area contributed by atoms with Crippen LogP contribution >= 0.6 is 11.6 Å². The molecule has 2 nitrogen and oxygen atoms in total. The molecule has 0 saturated carbocycles. The number of aryl methyl sites for hydroxylation is 1. The van der Waals surface area contributed by atoms with Gasteiger partial charge >= 0.3 is 0 Å². The number of halogens is 1. The van der Waals surface area contributed by atoms with Crippen LogP contribution in [0.3, 0.4) is 0 Å². The largest absolute Gasteiger partial charge is 0.397 e. The molecule has 104 valence electrons. The van der Waals surface area contributed by atoms with Crippen LogP contribution in [0.2, 0.25) is 5.02 Å². The van der Waals surface area contributed by atoms with E-state index in [-0.39, 0.29) is 5.78 Å². The molecule has 2 N–H and O–H groups in total. The molecule has 0 spiro atoms. The van der Waals surface area contributed by atoms with E-state index < -0.39 is 0 Å². The van der Waals surface area contributed by atoms with Crippen molar-refractivity contribution in [2.75, 3.05) is 5.73 Å². The minimum Gasteiger partial charge on any atom is -0.397 e. The minimum absolute atomic E-state index is 0.105. The number of rotatable bonds is 2. The Morgan fingerprint density at radius 1 is 0.905 bits per heavy atom. The molecule has 0 radical (unpaired) electrons. The second-order valence-corrected chi connectivity index (χ2v) is 5.41. The number of hydrogen-bond acceptors (Lipinski definition) is 2. The van der Waals surface area contributed by atoms with Gasteiger partial charge in [-0.3, -0.25) is 4.79 Å². The smallest absolute Gasteiger partial charge is 0.195 e. The van der Waals surface area contributed by atoms with Gasteiger partial charge in [0.2, 0.25) is 0 Å². The van der Waals surface area contributed by atoms with Crippen LogP contribution in [0.25, 0.3) is 10.8 Å². The molecule has 0 amide bonds. The van der Waals surface area contributed by atoms with Crippen molar-refractivity contribution in [2.24, 2.45) is 0 Å². The maximum atomic E-state index is 12.8. The maximum Gasteiger partial charge on any atom is 0.195 e. The van der Waals surface area contributed by atoms with Gasteiger partial charge in [0.1, 0.15) is 0 Å². The summed E-state index contributed by atoms with van der Waals surface area (Å²) in [6.07, 6.45) is 0.